The normalized spacial score (nSPS) is 16.8. The Morgan fingerprint density at radius 2 is 2.28 bits per heavy atom. The van der Waals surface area contributed by atoms with Crippen molar-refractivity contribution in [3.63, 3.8) is 0 Å². The third-order valence-electron chi connectivity index (χ3n) is 4.03. The zero-order valence-corrected chi connectivity index (χ0v) is 14.4. The first-order valence-corrected chi connectivity index (χ1v) is 8.13. The third-order valence-corrected chi connectivity index (χ3v) is 4.33. The van der Waals surface area contributed by atoms with Gasteiger partial charge in [-0.3, -0.25) is 9.59 Å². The van der Waals surface area contributed by atoms with Crippen LogP contribution in [0.5, 0.6) is 5.75 Å². The van der Waals surface area contributed by atoms with Crippen molar-refractivity contribution in [1.82, 2.24) is 15.3 Å². The van der Waals surface area contributed by atoms with Gasteiger partial charge in [0.25, 0.3) is 0 Å². The number of halogens is 1. The highest BCUT2D eigenvalue weighted by Gasteiger charge is 2.35. The zero-order valence-electron chi connectivity index (χ0n) is 13.6. The van der Waals surface area contributed by atoms with Crippen molar-refractivity contribution in [2.75, 3.05) is 18.6 Å². The fourth-order valence-corrected chi connectivity index (χ4v) is 2.95. The van der Waals surface area contributed by atoms with E-state index in [4.69, 9.17) is 16.3 Å². The standard InChI is InChI=1S/C17H17ClN4O3/c1-25-15-3-2-13(7-14(15)18)22-9-11(6-16(22)23)17(24)20-8-12-4-5-19-10-21-12/h2-5,7,10-11H,6,8-9H2,1H3,(H,20,24)/t11-/m1/s1. The Labute approximate surface area is 150 Å². The number of aromatic nitrogens is 2. The predicted octanol–water partition coefficient (Wildman–Crippen LogP) is 1.81. The van der Waals surface area contributed by atoms with E-state index in [1.165, 1.54) is 13.4 Å². The summed E-state index contributed by atoms with van der Waals surface area (Å²) in [6, 6.07) is 6.85. The Kier molecular flexibility index (Phi) is 5.14. The van der Waals surface area contributed by atoms with Gasteiger partial charge >= 0.3 is 0 Å². The van der Waals surface area contributed by atoms with Crippen molar-refractivity contribution in [3.8, 4) is 5.75 Å². The Morgan fingerprint density at radius 1 is 1.44 bits per heavy atom. The molecule has 1 aromatic carbocycles. The SMILES string of the molecule is COc1ccc(N2C[C@H](C(=O)NCc3ccncn3)CC2=O)cc1Cl. The van der Waals surface area contributed by atoms with Crippen LogP contribution < -0.4 is 15.0 Å². The summed E-state index contributed by atoms with van der Waals surface area (Å²) in [6.07, 6.45) is 3.21. The van der Waals surface area contributed by atoms with Crippen molar-refractivity contribution in [3.05, 3.63) is 47.5 Å². The van der Waals surface area contributed by atoms with E-state index in [9.17, 15) is 9.59 Å². The fraction of sp³-hybridized carbons (Fsp3) is 0.294. The lowest BCUT2D eigenvalue weighted by atomic mass is 10.1. The second-order valence-corrected chi connectivity index (χ2v) is 6.05. The maximum atomic E-state index is 12.3. The maximum absolute atomic E-state index is 12.3. The first kappa shape index (κ1) is 17.2. The van der Waals surface area contributed by atoms with E-state index >= 15 is 0 Å². The zero-order chi connectivity index (χ0) is 17.8. The average molecular weight is 361 g/mol. The lowest BCUT2D eigenvalue weighted by Gasteiger charge is -2.17. The molecule has 0 spiro atoms. The summed E-state index contributed by atoms with van der Waals surface area (Å²) in [6.45, 7) is 0.623. The molecule has 25 heavy (non-hydrogen) atoms. The molecule has 3 rings (SSSR count). The first-order valence-electron chi connectivity index (χ1n) is 7.75. The number of nitrogens with one attached hydrogen (secondary N) is 1. The van der Waals surface area contributed by atoms with Gasteiger partial charge in [-0.15, -0.1) is 0 Å². The van der Waals surface area contributed by atoms with Crippen LogP contribution in [-0.2, 0) is 16.1 Å². The molecular weight excluding hydrogens is 344 g/mol. The number of methoxy groups -OCH3 is 1. The van der Waals surface area contributed by atoms with E-state index in [1.807, 2.05) is 0 Å². The molecule has 0 aliphatic carbocycles. The van der Waals surface area contributed by atoms with E-state index in [1.54, 1.807) is 35.4 Å². The molecule has 7 nitrogen and oxygen atoms in total. The molecule has 1 fully saturated rings. The summed E-state index contributed by atoms with van der Waals surface area (Å²) in [4.78, 5) is 34.1. The lowest BCUT2D eigenvalue weighted by molar-refractivity contribution is -0.126. The number of benzene rings is 1. The highest BCUT2D eigenvalue weighted by molar-refractivity contribution is 6.32. The molecule has 0 bridgehead atoms. The van der Waals surface area contributed by atoms with Crippen molar-refractivity contribution < 1.29 is 14.3 Å². The molecule has 2 heterocycles. The highest BCUT2D eigenvalue weighted by atomic mass is 35.5. The van der Waals surface area contributed by atoms with Gasteiger partial charge in [0.15, 0.2) is 0 Å². The molecule has 0 radical (unpaired) electrons. The number of hydrogen-bond donors (Lipinski definition) is 1. The molecule has 2 aromatic rings. The highest BCUT2D eigenvalue weighted by Crippen LogP contribution is 2.32. The van der Waals surface area contributed by atoms with E-state index in [0.717, 1.165) is 0 Å². The van der Waals surface area contributed by atoms with Gasteiger partial charge in [-0.05, 0) is 24.3 Å². The van der Waals surface area contributed by atoms with Crippen LogP contribution in [0.2, 0.25) is 5.02 Å². The molecule has 1 saturated heterocycles. The van der Waals surface area contributed by atoms with Gasteiger partial charge < -0.3 is 15.0 Å². The van der Waals surface area contributed by atoms with Gasteiger partial charge in [0, 0.05) is 24.8 Å². The van der Waals surface area contributed by atoms with Crippen LogP contribution in [0.25, 0.3) is 0 Å². The van der Waals surface area contributed by atoms with E-state index in [-0.39, 0.29) is 18.2 Å². The predicted molar refractivity (Wildman–Crippen MR) is 92.3 cm³/mol. The van der Waals surface area contributed by atoms with E-state index < -0.39 is 5.92 Å². The number of rotatable bonds is 5. The summed E-state index contributed by atoms with van der Waals surface area (Å²) in [5.41, 5.74) is 1.37. The lowest BCUT2D eigenvalue weighted by Crippen LogP contribution is -2.32. The Hall–Kier alpha value is -2.67. The van der Waals surface area contributed by atoms with Crippen LogP contribution in [-0.4, -0.2) is 35.4 Å². The smallest absolute Gasteiger partial charge is 0.227 e. The second-order valence-electron chi connectivity index (χ2n) is 5.64. The van der Waals surface area contributed by atoms with Crippen LogP contribution >= 0.6 is 11.6 Å². The molecule has 0 saturated carbocycles. The average Bonchev–Trinajstić information content (AvgIpc) is 3.02. The van der Waals surface area contributed by atoms with Crippen LogP contribution in [0.4, 0.5) is 5.69 Å². The van der Waals surface area contributed by atoms with Crippen molar-refractivity contribution in [1.29, 1.82) is 0 Å². The van der Waals surface area contributed by atoms with Crippen molar-refractivity contribution in [2.45, 2.75) is 13.0 Å². The molecule has 130 valence electrons. The third kappa shape index (κ3) is 3.88. The molecule has 1 aromatic heterocycles. The number of anilines is 1. The molecule has 1 aliphatic heterocycles. The summed E-state index contributed by atoms with van der Waals surface area (Å²) in [5.74, 6) is -0.149. The minimum Gasteiger partial charge on any atom is -0.495 e. The van der Waals surface area contributed by atoms with E-state index in [2.05, 4.69) is 15.3 Å². The molecular formula is C17H17ClN4O3. The quantitative estimate of drug-likeness (QED) is 0.879. The number of amides is 2. The number of hydrogen-bond acceptors (Lipinski definition) is 5. The first-order chi connectivity index (χ1) is 12.1. The maximum Gasteiger partial charge on any atom is 0.227 e. The molecule has 1 atom stereocenters. The van der Waals surface area contributed by atoms with Gasteiger partial charge in [-0.1, -0.05) is 11.6 Å². The van der Waals surface area contributed by atoms with Gasteiger partial charge in [0.1, 0.15) is 12.1 Å². The van der Waals surface area contributed by atoms with Crippen LogP contribution in [0.1, 0.15) is 12.1 Å². The van der Waals surface area contributed by atoms with Gasteiger partial charge in [-0.2, -0.15) is 0 Å². The Balaban J connectivity index is 1.63. The number of carbonyl (C=O) groups excluding carboxylic acids is 2. The van der Waals surface area contributed by atoms with E-state index in [0.29, 0.717) is 35.2 Å². The number of nitrogens with zero attached hydrogens (tertiary/aromatic N) is 3. The molecule has 0 unspecified atom stereocenters. The fourth-order valence-electron chi connectivity index (χ4n) is 2.70. The minimum absolute atomic E-state index is 0.108. The van der Waals surface area contributed by atoms with Crippen LogP contribution in [0, 0.1) is 5.92 Å². The summed E-state index contributed by atoms with van der Waals surface area (Å²) >= 11 is 6.12. The molecule has 1 aliphatic rings. The molecule has 8 heteroatoms. The summed E-state index contributed by atoms with van der Waals surface area (Å²) in [7, 11) is 1.53. The Morgan fingerprint density at radius 3 is 2.96 bits per heavy atom. The monoisotopic (exact) mass is 360 g/mol. The van der Waals surface area contributed by atoms with Gasteiger partial charge in [0.05, 0.1) is 30.3 Å². The largest absolute Gasteiger partial charge is 0.495 e. The molecule has 1 N–H and O–H groups in total. The summed E-state index contributed by atoms with van der Waals surface area (Å²) < 4.78 is 5.11. The second kappa shape index (κ2) is 7.48. The number of carbonyl (C=O) groups is 2. The van der Waals surface area contributed by atoms with Gasteiger partial charge in [-0.25, -0.2) is 9.97 Å². The minimum atomic E-state index is -0.407. The topological polar surface area (TPSA) is 84.4 Å². The number of ether oxygens (including phenoxy) is 1. The van der Waals surface area contributed by atoms with Crippen LogP contribution in [0.3, 0.4) is 0 Å². The van der Waals surface area contributed by atoms with Crippen LogP contribution in [0.15, 0.2) is 36.8 Å². The Bertz CT molecular complexity index is 785. The van der Waals surface area contributed by atoms with Crippen molar-refractivity contribution >= 4 is 29.1 Å². The molecule has 2 amide bonds. The summed E-state index contributed by atoms with van der Waals surface area (Å²) in [5, 5.41) is 3.23. The van der Waals surface area contributed by atoms with Gasteiger partial charge in [0.2, 0.25) is 11.8 Å². The van der Waals surface area contributed by atoms with Crippen molar-refractivity contribution in [2.24, 2.45) is 5.92 Å².